The molecule has 0 bridgehead atoms. The number of carbonyl (C=O) groups is 1. The number of amides is 1. The van der Waals surface area contributed by atoms with E-state index in [1.54, 1.807) is 6.20 Å². The van der Waals surface area contributed by atoms with Crippen molar-refractivity contribution in [2.24, 2.45) is 7.05 Å². The number of nitrogens with one attached hydrogen (secondary N) is 1. The molecule has 18 heavy (non-hydrogen) atoms. The van der Waals surface area contributed by atoms with Crippen LogP contribution in [0.1, 0.15) is 22.6 Å². The third-order valence-corrected chi connectivity index (χ3v) is 2.82. The minimum Gasteiger partial charge on any atom is -0.352 e. The lowest BCUT2D eigenvalue weighted by Crippen LogP contribution is -2.24. The second kappa shape index (κ2) is 6.00. The largest absolute Gasteiger partial charge is 0.352 e. The van der Waals surface area contributed by atoms with Crippen LogP contribution in [0.25, 0.3) is 0 Å². The number of hydrogen-bond donors (Lipinski definition) is 1. The number of nitrogens with zero attached hydrogens (tertiary/aromatic N) is 2. The first kappa shape index (κ1) is 12.4. The van der Waals surface area contributed by atoms with Crippen LogP contribution in [0.2, 0.25) is 0 Å². The maximum Gasteiger partial charge on any atom is 0.251 e. The Balaban J connectivity index is 1.73. The molecule has 1 aromatic carbocycles. The summed E-state index contributed by atoms with van der Waals surface area (Å²) in [5.74, 6) is 1.03. The minimum absolute atomic E-state index is 0.0181. The van der Waals surface area contributed by atoms with Crippen LogP contribution in [0.5, 0.6) is 0 Å². The van der Waals surface area contributed by atoms with E-state index in [9.17, 15) is 4.79 Å². The zero-order chi connectivity index (χ0) is 12.8. The third-order valence-electron chi connectivity index (χ3n) is 2.82. The van der Waals surface area contributed by atoms with E-state index in [0.717, 1.165) is 18.7 Å². The van der Waals surface area contributed by atoms with Crippen molar-refractivity contribution in [3.63, 3.8) is 0 Å². The summed E-state index contributed by atoms with van der Waals surface area (Å²) in [5.41, 5.74) is 0.703. The maximum atomic E-state index is 11.7. The normalized spacial score (nSPS) is 10.3. The standard InChI is InChI=1S/C14H17N3O/c1-17-11-10-15-13(17)8-5-9-16-14(18)12-6-3-2-4-7-12/h2-4,6-7,10-11H,5,8-9H2,1H3,(H,16,18). The van der Waals surface area contributed by atoms with E-state index in [4.69, 9.17) is 0 Å². The first-order valence-corrected chi connectivity index (χ1v) is 6.07. The average molecular weight is 243 g/mol. The van der Waals surface area contributed by atoms with E-state index in [0.29, 0.717) is 12.1 Å². The van der Waals surface area contributed by atoms with Gasteiger partial charge in [0.15, 0.2) is 0 Å². The van der Waals surface area contributed by atoms with Crippen molar-refractivity contribution < 1.29 is 4.79 Å². The van der Waals surface area contributed by atoms with Gasteiger partial charge in [-0.05, 0) is 18.6 Å². The predicted octanol–water partition coefficient (Wildman–Crippen LogP) is 1.78. The second-order valence-corrected chi connectivity index (χ2v) is 4.18. The molecule has 0 aliphatic carbocycles. The highest BCUT2D eigenvalue weighted by molar-refractivity contribution is 5.94. The molecule has 1 N–H and O–H groups in total. The Bertz CT molecular complexity index is 505. The van der Waals surface area contributed by atoms with E-state index >= 15 is 0 Å². The van der Waals surface area contributed by atoms with Crippen LogP contribution >= 0.6 is 0 Å². The van der Waals surface area contributed by atoms with Crippen molar-refractivity contribution in [2.45, 2.75) is 12.8 Å². The maximum absolute atomic E-state index is 11.7. The Hall–Kier alpha value is -2.10. The summed E-state index contributed by atoms with van der Waals surface area (Å²) in [6.45, 7) is 0.667. The van der Waals surface area contributed by atoms with Crippen LogP contribution in [-0.2, 0) is 13.5 Å². The molecule has 1 amide bonds. The van der Waals surface area contributed by atoms with Crippen molar-refractivity contribution in [3.05, 3.63) is 54.1 Å². The Morgan fingerprint density at radius 3 is 2.78 bits per heavy atom. The van der Waals surface area contributed by atoms with E-state index in [2.05, 4.69) is 10.3 Å². The predicted molar refractivity (Wildman–Crippen MR) is 70.3 cm³/mol. The lowest BCUT2D eigenvalue weighted by molar-refractivity contribution is 0.0953. The van der Waals surface area contributed by atoms with Gasteiger partial charge in [0.25, 0.3) is 5.91 Å². The molecule has 0 radical (unpaired) electrons. The van der Waals surface area contributed by atoms with Gasteiger partial charge in [0.2, 0.25) is 0 Å². The van der Waals surface area contributed by atoms with Gasteiger partial charge in [0, 0.05) is 38.0 Å². The number of aromatic nitrogens is 2. The van der Waals surface area contributed by atoms with Crippen LogP contribution in [0, 0.1) is 0 Å². The lowest BCUT2D eigenvalue weighted by Gasteiger charge is -2.05. The molecule has 0 fully saturated rings. The van der Waals surface area contributed by atoms with Gasteiger partial charge in [0.1, 0.15) is 5.82 Å². The fraction of sp³-hybridized carbons (Fsp3) is 0.286. The highest BCUT2D eigenvalue weighted by Crippen LogP contribution is 2.00. The molecular weight excluding hydrogens is 226 g/mol. The molecule has 1 heterocycles. The quantitative estimate of drug-likeness (QED) is 0.814. The SMILES string of the molecule is Cn1ccnc1CCCNC(=O)c1ccccc1. The van der Waals surface area contributed by atoms with Crippen LogP contribution in [-0.4, -0.2) is 22.0 Å². The first-order valence-electron chi connectivity index (χ1n) is 6.07. The molecule has 4 heteroatoms. The van der Waals surface area contributed by atoms with E-state index < -0.39 is 0 Å². The Kier molecular flexibility index (Phi) is 4.12. The average Bonchev–Trinajstić information content (AvgIpc) is 2.81. The minimum atomic E-state index is -0.0181. The van der Waals surface area contributed by atoms with Gasteiger partial charge in [-0.15, -0.1) is 0 Å². The fourth-order valence-corrected chi connectivity index (χ4v) is 1.78. The number of aryl methyl sites for hydroxylation is 2. The van der Waals surface area contributed by atoms with Gasteiger partial charge >= 0.3 is 0 Å². The molecule has 0 atom stereocenters. The molecule has 2 rings (SSSR count). The molecule has 0 spiro atoms. The Labute approximate surface area is 107 Å². The zero-order valence-corrected chi connectivity index (χ0v) is 10.5. The van der Waals surface area contributed by atoms with Crippen molar-refractivity contribution in [3.8, 4) is 0 Å². The molecule has 0 unspecified atom stereocenters. The summed E-state index contributed by atoms with van der Waals surface area (Å²) >= 11 is 0. The molecule has 94 valence electrons. The summed E-state index contributed by atoms with van der Waals surface area (Å²) in [4.78, 5) is 16.0. The highest BCUT2D eigenvalue weighted by Gasteiger charge is 2.03. The molecular formula is C14H17N3O. The van der Waals surface area contributed by atoms with Gasteiger partial charge in [-0.2, -0.15) is 0 Å². The van der Waals surface area contributed by atoms with Crippen molar-refractivity contribution in [1.82, 2.24) is 14.9 Å². The van der Waals surface area contributed by atoms with Crippen molar-refractivity contribution >= 4 is 5.91 Å². The van der Waals surface area contributed by atoms with Crippen molar-refractivity contribution in [1.29, 1.82) is 0 Å². The number of imidazole rings is 1. The number of benzene rings is 1. The Morgan fingerprint density at radius 1 is 1.33 bits per heavy atom. The van der Waals surface area contributed by atoms with Gasteiger partial charge in [0.05, 0.1) is 0 Å². The van der Waals surface area contributed by atoms with Crippen LogP contribution < -0.4 is 5.32 Å². The highest BCUT2D eigenvalue weighted by atomic mass is 16.1. The first-order chi connectivity index (χ1) is 8.77. The van der Waals surface area contributed by atoms with Crippen LogP contribution in [0.4, 0.5) is 0 Å². The summed E-state index contributed by atoms with van der Waals surface area (Å²) in [6, 6.07) is 9.26. The van der Waals surface area contributed by atoms with Gasteiger partial charge < -0.3 is 9.88 Å². The van der Waals surface area contributed by atoms with E-state index in [-0.39, 0.29) is 5.91 Å². The van der Waals surface area contributed by atoms with Crippen LogP contribution in [0.15, 0.2) is 42.7 Å². The fourth-order valence-electron chi connectivity index (χ4n) is 1.78. The molecule has 0 saturated heterocycles. The second-order valence-electron chi connectivity index (χ2n) is 4.18. The summed E-state index contributed by atoms with van der Waals surface area (Å²) < 4.78 is 2.00. The summed E-state index contributed by atoms with van der Waals surface area (Å²) in [7, 11) is 1.98. The van der Waals surface area contributed by atoms with E-state index in [1.165, 1.54) is 0 Å². The third kappa shape index (κ3) is 3.20. The summed E-state index contributed by atoms with van der Waals surface area (Å²) in [6.07, 6.45) is 5.48. The number of hydrogen-bond acceptors (Lipinski definition) is 2. The molecule has 0 aliphatic rings. The zero-order valence-electron chi connectivity index (χ0n) is 10.5. The van der Waals surface area contributed by atoms with Crippen molar-refractivity contribution in [2.75, 3.05) is 6.54 Å². The van der Waals surface area contributed by atoms with Gasteiger partial charge in [-0.3, -0.25) is 4.79 Å². The monoisotopic (exact) mass is 243 g/mol. The van der Waals surface area contributed by atoms with Gasteiger partial charge in [-0.25, -0.2) is 4.98 Å². The molecule has 0 aliphatic heterocycles. The number of carbonyl (C=O) groups excluding carboxylic acids is 1. The smallest absolute Gasteiger partial charge is 0.251 e. The molecule has 2 aromatic rings. The summed E-state index contributed by atoms with van der Waals surface area (Å²) in [5, 5.41) is 2.90. The molecule has 0 saturated carbocycles. The molecule has 1 aromatic heterocycles. The molecule has 4 nitrogen and oxygen atoms in total. The van der Waals surface area contributed by atoms with E-state index in [1.807, 2.05) is 48.1 Å². The lowest BCUT2D eigenvalue weighted by atomic mass is 10.2. The Morgan fingerprint density at radius 2 is 2.11 bits per heavy atom. The van der Waals surface area contributed by atoms with Gasteiger partial charge in [-0.1, -0.05) is 18.2 Å². The number of rotatable bonds is 5. The van der Waals surface area contributed by atoms with Crippen LogP contribution in [0.3, 0.4) is 0 Å². The topological polar surface area (TPSA) is 46.9 Å².